The third-order valence-corrected chi connectivity index (χ3v) is 2.67. The Morgan fingerprint density at radius 1 is 1.43 bits per heavy atom. The summed E-state index contributed by atoms with van der Waals surface area (Å²) in [5.74, 6) is -1.24. The van der Waals surface area contributed by atoms with Gasteiger partial charge >= 0.3 is 5.97 Å². The average molecular weight is 215 g/mol. The van der Waals surface area contributed by atoms with Gasteiger partial charge in [0.25, 0.3) is 0 Å². The molecule has 6 heteroatoms. The number of hydrogen-bond donors (Lipinski definition) is 1. The van der Waals surface area contributed by atoms with Crippen molar-refractivity contribution in [3.63, 3.8) is 0 Å². The van der Waals surface area contributed by atoms with Gasteiger partial charge in [0.05, 0.1) is 4.90 Å². The van der Waals surface area contributed by atoms with Gasteiger partial charge < -0.3 is 5.11 Å². The van der Waals surface area contributed by atoms with Crippen molar-refractivity contribution in [3.05, 3.63) is 23.5 Å². The topological polar surface area (TPSA) is 84.3 Å². The van der Waals surface area contributed by atoms with E-state index >= 15 is 0 Å². The lowest BCUT2D eigenvalue weighted by atomic mass is 10.3. The molecule has 1 heterocycles. The monoisotopic (exact) mass is 215 g/mol. The van der Waals surface area contributed by atoms with E-state index in [0.29, 0.717) is 5.69 Å². The van der Waals surface area contributed by atoms with E-state index in [2.05, 4.69) is 4.98 Å². The van der Waals surface area contributed by atoms with E-state index in [1.165, 1.54) is 6.07 Å². The number of pyridine rings is 1. The number of aromatic nitrogens is 1. The van der Waals surface area contributed by atoms with Gasteiger partial charge in [0.1, 0.15) is 5.69 Å². The minimum atomic E-state index is -3.38. The van der Waals surface area contributed by atoms with Crippen LogP contribution in [0.5, 0.6) is 0 Å². The molecule has 0 amide bonds. The lowest BCUT2D eigenvalue weighted by molar-refractivity contribution is 0.0690. The second-order valence-corrected chi connectivity index (χ2v) is 4.92. The Bertz CT molecular complexity index is 478. The van der Waals surface area contributed by atoms with E-state index < -0.39 is 15.8 Å². The van der Waals surface area contributed by atoms with Crippen LogP contribution in [0, 0.1) is 6.92 Å². The van der Waals surface area contributed by atoms with Gasteiger partial charge in [0.2, 0.25) is 0 Å². The van der Waals surface area contributed by atoms with Crippen molar-refractivity contribution in [1.29, 1.82) is 0 Å². The van der Waals surface area contributed by atoms with Crippen LogP contribution < -0.4 is 0 Å². The molecule has 0 aliphatic heterocycles. The fraction of sp³-hybridized carbons (Fsp3) is 0.250. The third-order valence-electron chi connectivity index (χ3n) is 1.57. The zero-order valence-corrected chi connectivity index (χ0v) is 8.50. The molecule has 5 nitrogen and oxygen atoms in total. The van der Waals surface area contributed by atoms with Crippen LogP contribution in [0.4, 0.5) is 0 Å². The Labute approximate surface area is 81.3 Å². The maximum Gasteiger partial charge on any atom is 0.354 e. The fourth-order valence-electron chi connectivity index (χ4n) is 0.960. The maximum atomic E-state index is 11.1. The molecule has 0 radical (unpaired) electrons. The number of aromatic carboxylic acids is 1. The summed E-state index contributed by atoms with van der Waals surface area (Å²) >= 11 is 0. The summed E-state index contributed by atoms with van der Waals surface area (Å²) in [5.41, 5.74) is 0.107. The third kappa shape index (κ3) is 2.29. The van der Waals surface area contributed by atoms with Gasteiger partial charge in [-0.25, -0.2) is 18.2 Å². The molecule has 1 rings (SSSR count). The predicted molar refractivity (Wildman–Crippen MR) is 49.0 cm³/mol. The average Bonchev–Trinajstić information content (AvgIpc) is 2.01. The first-order chi connectivity index (χ1) is 6.30. The smallest absolute Gasteiger partial charge is 0.354 e. The number of carboxylic acids is 1. The van der Waals surface area contributed by atoms with Crippen LogP contribution in [-0.2, 0) is 9.84 Å². The fourth-order valence-corrected chi connectivity index (χ4v) is 1.67. The van der Waals surface area contributed by atoms with E-state index in [1.54, 1.807) is 6.92 Å². The highest BCUT2D eigenvalue weighted by Crippen LogP contribution is 2.11. The Balaban J connectivity index is 3.43. The molecule has 0 saturated carbocycles. The molecule has 14 heavy (non-hydrogen) atoms. The SMILES string of the molecule is Cc1cc(S(C)(=O)=O)cc(C(=O)O)n1. The minimum absolute atomic E-state index is 0.0256. The van der Waals surface area contributed by atoms with Gasteiger partial charge in [-0.15, -0.1) is 0 Å². The molecule has 0 fully saturated rings. The first-order valence-corrected chi connectivity index (χ1v) is 5.62. The molecule has 0 saturated heterocycles. The van der Waals surface area contributed by atoms with E-state index in [1.807, 2.05) is 0 Å². The molecule has 0 unspecified atom stereocenters. The quantitative estimate of drug-likeness (QED) is 0.776. The lowest BCUT2D eigenvalue weighted by Gasteiger charge is -2.01. The van der Waals surface area contributed by atoms with E-state index in [4.69, 9.17) is 5.11 Å². The highest BCUT2D eigenvalue weighted by Gasteiger charge is 2.13. The normalized spacial score (nSPS) is 11.3. The summed E-state index contributed by atoms with van der Waals surface area (Å²) in [6.45, 7) is 1.54. The summed E-state index contributed by atoms with van der Waals surface area (Å²) in [6.07, 6.45) is 1.02. The Hall–Kier alpha value is -1.43. The van der Waals surface area contributed by atoms with Crippen LogP contribution in [0.1, 0.15) is 16.2 Å². The number of aryl methyl sites for hydroxylation is 1. The maximum absolute atomic E-state index is 11.1. The number of rotatable bonds is 2. The van der Waals surface area contributed by atoms with Gasteiger partial charge in [-0.1, -0.05) is 0 Å². The molecule has 0 atom stereocenters. The van der Waals surface area contributed by atoms with Crippen molar-refractivity contribution < 1.29 is 18.3 Å². The summed E-state index contributed by atoms with van der Waals surface area (Å²) in [5, 5.41) is 8.64. The Morgan fingerprint density at radius 2 is 2.00 bits per heavy atom. The van der Waals surface area contributed by atoms with Crippen LogP contribution in [0.3, 0.4) is 0 Å². The van der Waals surface area contributed by atoms with Gasteiger partial charge in [-0.3, -0.25) is 0 Å². The molecule has 1 aromatic heterocycles. The minimum Gasteiger partial charge on any atom is -0.477 e. The van der Waals surface area contributed by atoms with Crippen molar-refractivity contribution in [1.82, 2.24) is 4.98 Å². The van der Waals surface area contributed by atoms with Crippen LogP contribution in [0.15, 0.2) is 17.0 Å². The second-order valence-electron chi connectivity index (χ2n) is 2.91. The molecule has 0 aliphatic rings. The standard InChI is InChI=1S/C8H9NO4S/c1-5-3-6(14(2,12)13)4-7(9-5)8(10)11/h3-4H,1-2H3,(H,10,11). The summed E-state index contributed by atoms with van der Waals surface area (Å²) in [6, 6.07) is 2.38. The molecule has 0 spiro atoms. The zero-order chi connectivity index (χ0) is 10.9. The predicted octanol–water partition coefficient (Wildman–Crippen LogP) is 0.492. The number of carbonyl (C=O) groups is 1. The van der Waals surface area contributed by atoms with Gasteiger partial charge in [-0.2, -0.15) is 0 Å². The van der Waals surface area contributed by atoms with Crippen LogP contribution in [0.2, 0.25) is 0 Å². The molecule has 0 bridgehead atoms. The van der Waals surface area contributed by atoms with Crippen LogP contribution in [-0.4, -0.2) is 30.7 Å². The summed E-state index contributed by atoms with van der Waals surface area (Å²) in [7, 11) is -3.38. The van der Waals surface area contributed by atoms with E-state index in [-0.39, 0.29) is 10.6 Å². The number of carboxylic acid groups (broad SMARTS) is 1. The van der Waals surface area contributed by atoms with Crippen molar-refractivity contribution in [2.75, 3.05) is 6.26 Å². The van der Waals surface area contributed by atoms with Crippen molar-refractivity contribution >= 4 is 15.8 Å². The van der Waals surface area contributed by atoms with Crippen molar-refractivity contribution in [2.24, 2.45) is 0 Å². The summed E-state index contributed by atoms with van der Waals surface area (Å²) < 4.78 is 22.3. The van der Waals surface area contributed by atoms with Crippen LogP contribution in [0.25, 0.3) is 0 Å². The van der Waals surface area contributed by atoms with Crippen molar-refractivity contribution in [3.8, 4) is 0 Å². The molecular weight excluding hydrogens is 206 g/mol. The highest BCUT2D eigenvalue weighted by molar-refractivity contribution is 7.90. The second kappa shape index (κ2) is 3.38. The van der Waals surface area contributed by atoms with Gasteiger partial charge in [0, 0.05) is 11.9 Å². The Kier molecular flexibility index (Phi) is 2.57. The van der Waals surface area contributed by atoms with Crippen LogP contribution >= 0.6 is 0 Å². The van der Waals surface area contributed by atoms with E-state index in [9.17, 15) is 13.2 Å². The number of nitrogens with zero attached hydrogens (tertiary/aromatic N) is 1. The summed E-state index contributed by atoms with van der Waals surface area (Å²) in [4.78, 5) is 14.2. The molecule has 0 aliphatic carbocycles. The molecule has 76 valence electrons. The van der Waals surface area contributed by atoms with Gasteiger partial charge in [-0.05, 0) is 19.1 Å². The van der Waals surface area contributed by atoms with E-state index in [0.717, 1.165) is 12.3 Å². The molecule has 0 aromatic carbocycles. The Morgan fingerprint density at radius 3 is 2.43 bits per heavy atom. The highest BCUT2D eigenvalue weighted by atomic mass is 32.2. The van der Waals surface area contributed by atoms with Crippen molar-refractivity contribution in [2.45, 2.75) is 11.8 Å². The van der Waals surface area contributed by atoms with Gasteiger partial charge in [0.15, 0.2) is 9.84 Å². The largest absolute Gasteiger partial charge is 0.477 e. The molecule has 1 aromatic rings. The number of hydrogen-bond acceptors (Lipinski definition) is 4. The lowest BCUT2D eigenvalue weighted by Crippen LogP contribution is -2.06. The molecule has 1 N–H and O–H groups in total. The zero-order valence-electron chi connectivity index (χ0n) is 7.68. The number of sulfone groups is 1. The first kappa shape index (κ1) is 10.6. The molecular formula is C8H9NO4S. The first-order valence-electron chi connectivity index (χ1n) is 3.73.